The van der Waals surface area contributed by atoms with Gasteiger partial charge >= 0.3 is 12.2 Å². The minimum Gasteiger partial charge on any atom is -0.447 e. The number of aromatic nitrogens is 2. The first kappa shape index (κ1) is 53.3. The second-order valence-corrected chi connectivity index (χ2v) is 25.9. The van der Waals surface area contributed by atoms with E-state index in [0.717, 1.165) is 71.1 Å². The number of ether oxygens (including phenoxy) is 2. The van der Waals surface area contributed by atoms with E-state index >= 15 is 0 Å². The molecule has 2 aromatic carbocycles. The van der Waals surface area contributed by atoms with Crippen molar-refractivity contribution < 1.29 is 35.9 Å². The highest BCUT2D eigenvalue weighted by Gasteiger charge is 2.31. The number of thiazole rings is 2. The van der Waals surface area contributed by atoms with Crippen LogP contribution in [0.25, 0.3) is 20.9 Å². The first-order valence-electron chi connectivity index (χ1n) is 22.3. The number of rotatable bonds is 12. The lowest BCUT2D eigenvalue weighted by Crippen LogP contribution is -2.40. The molecule has 364 valence electrons. The average Bonchev–Trinajstić information content (AvgIpc) is 3.88. The van der Waals surface area contributed by atoms with Gasteiger partial charge in [0, 0.05) is 68.7 Å². The van der Waals surface area contributed by atoms with E-state index in [4.69, 9.17) is 15.2 Å². The zero-order valence-corrected chi connectivity index (χ0v) is 44.3. The maximum absolute atomic E-state index is 13.1. The van der Waals surface area contributed by atoms with Gasteiger partial charge in [0.05, 0.1) is 41.8 Å². The summed E-state index contributed by atoms with van der Waals surface area (Å²) >= 11 is 6.45. The summed E-state index contributed by atoms with van der Waals surface area (Å²) in [5, 5.41) is 7.87. The van der Waals surface area contributed by atoms with Crippen LogP contribution in [-0.2, 0) is 29.5 Å². The number of halogens is 1. The lowest BCUT2D eigenvalue weighted by molar-refractivity contribution is 0.108. The standard InChI is InChI=1S/C23H32BrN3O4S2.C23H34N4O4S2/c2*1-14(2)31-22(28)26-17-9-6-15(7-10-17)21-25-13-19(32-21)18-11-8-16(24)12-20(18)33(29,30)27-23(3,4)5/h8,11-15,17,27H,6-7,9-10H2,1-5H3,(H,26,28);8,11-15,17,27H,6-7,9-10,24H2,1-5H3,(H,26,28). The fraction of sp³-hybridized carbons (Fsp3) is 0.565. The molecule has 15 nitrogen and oxygen atoms in total. The number of nitrogens with one attached hydrogen (secondary N) is 4. The molecule has 0 unspecified atom stereocenters. The molecular weight excluding hydrogens is 987 g/mol. The van der Waals surface area contributed by atoms with E-state index in [9.17, 15) is 26.4 Å². The smallest absolute Gasteiger partial charge is 0.407 e. The van der Waals surface area contributed by atoms with E-state index in [2.05, 4.69) is 46.0 Å². The summed E-state index contributed by atoms with van der Waals surface area (Å²) in [7, 11) is -7.48. The van der Waals surface area contributed by atoms with Crippen molar-refractivity contribution in [3.63, 3.8) is 0 Å². The predicted octanol–water partition coefficient (Wildman–Crippen LogP) is 10.4. The molecule has 0 spiro atoms. The number of alkyl carbamates (subject to hydrolysis) is 2. The van der Waals surface area contributed by atoms with Crippen molar-refractivity contribution in [3.05, 3.63) is 63.3 Å². The molecule has 66 heavy (non-hydrogen) atoms. The lowest BCUT2D eigenvalue weighted by Gasteiger charge is -2.28. The number of amides is 2. The van der Waals surface area contributed by atoms with E-state index in [0.29, 0.717) is 27.2 Å². The Kier molecular flexibility index (Phi) is 17.9. The number of nitrogens with two attached hydrogens (primary N) is 1. The summed E-state index contributed by atoms with van der Waals surface area (Å²) in [6, 6.07) is 10.5. The Morgan fingerprint density at radius 2 is 1.03 bits per heavy atom. The highest BCUT2D eigenvalue weighted by Crippen LogP contribution is 2.42. The molecule has 2 fully saturated rings. The molecule has 0 atom stereocenters. The van der Waals surface area contributed by atoms with E-state index in [-0.39, 0.29) is 52.2 Å². The lowest BCUT2D eigenvalue weighted by atomic mass is 9.86. The zero-order valence-electron chi connectivity index (χ0n) is 39.5. The number of hydrogen-bond donors (Lipinski definition) is 5. The summed E-state index contributed by atoms with van der Waals surface area (Å²) in [5.41, 5.74) is 6.34. The van der Waals surface area contributed by atoms with E-state index in [1.807, 2.05) is 60.6 Å². The minimum atomic E-state index is -3.77. The van der Waals surface area contributed by atoms with Crippen LogP contribution < -0.4 is 25.8 Å². The van der Waals surface area contributed by atoms with Crippen molar-refractivity contribution in [2.24, 2.45) is 0 Å². The van der Waals surface area contributed by atoms with Crippen LogP contribution >= 0.6 is 38.6 Å². The highest BCUT2D eigenvalue weighted by atomic mass is 79.9. The van der Waals surface area contributed by atoms with E-state index in [1.54, 1.807) is 51.4 Å². The quantitative estimate of drug-likeness (QED) is 0.0840. The van der Waals surface area contributed by atoms with Gasteiger partial charge in [0.15, 0.2) is 0 Å². The van der Waals surface area contributed by atoms with Crippen LogP contribution in [0.5, 0.6) is 0 Å². The largest absolute Gasteiger partial charge is 0.447 e. The number of carbonyl (C=O) groups excluding carboxylic acids is 2. The highest BCUT2D eigenvalue weighted by molar-refractivity contribution is 9.10. The maximum atomic E-state index is 13.1. The number of anilines is 1. The Morgan fingerprint density at radius 1 is 0.652 bits per heavy atom. The summed E-state index contributed by atoms with van der Waals surface area (Å²) in [6.45, 7) is 18.2. The van der Waals surface area contributed by atoms with Crippen LogP contribution in [0.2, 0.25) is 0 Å². The van der Waals surface area contributed by atoms with Crippen LogP contribution in [0.15, 0.2) is 63.1 Å². The first-order chi connectivity index (χ1) is 30.7. The molecule has 2 aliphatic carbocycles. The van der Waals surface area contributed by atoms with Gasteiger partial charge in [-0.2, -0.15) is 0 Å². The fourth-order valence-electron chi connectivity index (χ4n) is 7.80. The van der Waals surface area contributed by atoms with Crippen molar-refractivity contribution in [2.45, 2.75) is 178 Å². The number of carbonyl (C=O) groups is 2. The molecule has 0 radical (unpaired) electrons. The van der Waals surface area contributed by atoms with Crippen LogP contribution in [0.4, 0.5) is 15.3 Å². The fourth-order valence-corrected chi connectivity index (χ4v) is 14.0. The van der Waals surface area contributed by atoms with Crippen LogP contribution in [-0.4, -0.2) is 74.4 Å². The molecule has 2 aromatic heterocycles. The third kappa shape index (κ3) is 15.7. The Bertz CT molecular complexity index is 2340. The molecule has 2 aliphatic rings. The van der Waals surface area contributed by atoms with Gasteiger partial charge in [0.2, 0.25) is 20.0 Å². The van der Waals surface area contributed by atoms with Gasteiger partial charge in [0.25, 0.3) is 0 Å². The SMILES string of the molecule is CC(C)OC(=O)NC1CCC(c2ncc(-c3ccc(Br)cc3S(=O)(=O)NC(C)(C)C)s2)CC1.CC(C)OC(=O)NC1CCC(c2ncc(-c3ccc(N)cc3S(=O)(=O)NC(C)(C)C)s2)CC1. The molecule has 2 heterocycles. The summed E-state index contributed by atoms with van der Waals surface area (Å²) in [4.78, 5) is 35.0. The molecule has 2 amide bonds. The number of nitrogens with zero attached hydrogens (tertiary/aromatic N) is 2. The van der Waals surface area contributed by atoms with Gasteiger partial charge in [-0.15, -0.1) is 22.7 Å². The molecular formula is C46H66BrN7O8S4. The summed E-state index contributed by atoms with van der Waals surface area (Å²) in [5.74, 6) is 0.579. The van der Waals surface area contributed by atoms with Gasteiger partial charge in [-0.3, -0.25) is 0 Å². The second-order valence-electron chi connectivity index (χ2n) is 19.5. The van der Waals surface area contributed by atoms with Crippen molar-refractivity contribution in [2.75, 3.05) is 5.73 Å². The minimum absolute atomic E-state index is 0.101. The van der Waals surface area contributed by atoms with Gasteiger partial charge in [-0.05, 0) is 145 Å². The number of sulfonamides is 2. The number of nitrogen functional groups attached to an aromatic ring is 1. The Balaban J connectivity index is 0.000000247. The summed E-state index contributed by atoms with van der Waals surface area (Å²) in [6.07, 6.45) is 9.55. The van der Waals surface area contributed by atoms with Gasteiger partial charge in [-0.25, -0.2) is 45.8 Å². The predicted molar refractivity (Wildman–Crippen MR) is 267 cm³/mol. The first-order valence-corrected chi connectivity index (χ1v) is 27.7. The van der Waals surface area contributed by atoms with E-state index in [1.165, 1.54) is 28.7 Å². The van der Waals surface area contributed by atoms with Crippen LogP contribution in [0.1, 0.15) is 142 Å². The van der Waals surface area contributed by atoms with Crippen molar-refractivity contribution in [3.8, 4) is 20.9 Å². The molecule has 0 aliphatic heterocycles. The maximum Gasteiger partial charge on any atom is 0.407 e. The third-order valence-electron chi connectivity index (χ3n) is 10.5. The topological polar surface area (TPSA) is 221 Å². The van der Waals surface area contributed by atoms with Gasteiger partial charge in [-0.1, -0.05) is 28.1 Å². The number of benzene rings is 2. The van der Waals surface area contributed by atoms with Crippen molar-refractivity contribution in [1.29, 1.82) is 0 Å². The Labute approximate surface area is 407 Å². The Hall–Kier alpha value is -3.66. The molecule has 4 aromatic rings. The molecule has 20 heteroatoms. The van der Waals surface area contributed by atoms with Crippen LogP contribution in [0, 0.1) is 0 Å². The van der Waals surface area contributed by atoms with Crippen LogP contribution in [0.3, 0.4) is 0 Å². The molecule has 6 rings (SSSR count). The average molecular weight is 1050 g/mol. The Morgan fingerprint density at radius 3 is 1.41 bits per heavy atom. The summed E-state index contributed by atoms with van der Waals surface area (Å²) < 4.78 is 68.8. The third-order valence-corrected chi connectivity index (χ3v) is 16.9. The second kappa shape index (κ2) is 22.2. The van der Waals surface area contributed by atoms with E-state index < -0.39 is 31.1 Å². The molecule has 2 saturated carbocycles. The van der Waals surface area contributed by atoms with Crippen molar-refractivity contribution >= 4 is 76.5 Å². The monoisotopic (exact) mass is 1050 g/mol. The number of hydrogen-bond acceptors (Lipinski definition) is 13. The van der Waals surface area contributed by atoms with Gasteiger partial charge < -0.3 is 25.8 Å². The molecule has 0 bridgehead atoms. The van der Waals surface area contributed by atoms with Crippen molar-refractivity contribution in [1.82, 2.24) is 30.0 Å². The normalized spacial score (nSPS) is 19.5. The zero-order chi connectivity index (χ0) is 48.8. The molecule has 0 saturated heterocycles. The molecule has 6 N–H and O–H groups in total. The van der Waals surface area contributed by atoms with Gasteiger partial charge in [0.1, 0.15) is 0 Å².